The summed E-state index contributed by atoms with van der Waals surface area (Å²) in [4.78, 5) is 2.48. The Balaban J connectivity index is 1.23. The first kappa shape index (κ1) is 42.3. The number of benzene rings is 7. The molecule has 0 atom stereocenters. The molecule has 8 rings (SSSR count). The first-order chi connectivity index (χ1) is 29.9. The Labute approximate surface area is 371 Å². The number of rotatable bonds is 10. The molecule has 310 valence electrons. The van der Waals surface area contributed by atoms with Gasteiger partial charge in [-0.15, -0.1) is 0 Å². The van der Waals surface area contributed by atoms with E-state index in [1.54, 1.807) is 0 Å². The average Bonchev–Trinajstić information content (AvgIpc) is 3.26. The van der Waals surface area contributed by atoms with Gasteiger partial charge in [0.2, 0.25) is 0 Å². The van der Waals surface area contributed by atoms with Crippen LogP contribution in [0.4, 0.5) is 17.1 Å². The van der Waals surface area contributed by atoms with Crippen LogP contribution >= 0.6 is 0 Å². The number of anilines is 3. The molecule has 0 heterocycles. The van der Waals surface area contributed by atoms with E-state index < -0.39 is 0 Å². The monoisotopic (exact) mass is 807 g/mol. The predicted molar refractivity (Wildman–Crippen MR) is 269 cm³/mol. The summed E-state index contributed by atoms with van der Waals surface area (Å²) in [6.07, 6.45) is 13.9. The van der Waals surface area contributed by atoms with Crippen LogP contribution < -0.4 is 4.90 Å². The summed E-state index contributed by atoms with van der Waals surface area (Å²) >= 11 is 0. The molecule has 0 fully saturated rings. The minimum absolute atomic E-state index is 0.0674. The van der Waals surface area contributed by atoms with Gasteiger partial charge in [0.25, 0.3) is 0 Å². The van der Waals surface area contributed by atoms with E-state index in [9.17, 15) is 0 Å². The van der Waals surface area contributed by atoms with Crippen LogP contribution in [0, 0.1) is 34.6 Å². The minimum Gasteiger partial charge on any atom is -0.310 e. The fourth-order valence-electron chi connectivity index (χ4n) is 8.73. The van der Waals surface area contributed by atoms with Crippen LogP contribution in [0.3, 0.4) is 0 Å². The van der Waals surface area contributed by atoms with Gasteiger partial charge in [0.1, 0.15) is 0 Å². The van der Waals surface area contributed by atoms with Crippen molar-refractivity contribution in [2.24, 2.45) is 0 Å². The molecule has 0 N–H and O–H groups in total. The number of hydrogen-bond donors (Lipinski definition) is 0. The van der Waals surface area contributed by atoms with Crippen molar-refractivity contribution in [3.8, 4) is 0 Å². The number of hydrogen-bond acceptors (Lipinski definition) is 1. The highest BCUT2D eigenvalue weighted by molar-refractivity contribution is 5.93. The summed E-state index contributed by atoms with van der Waals surface area (Å²) in [7, 11) is 0. The summed E-state index contributed by atoms with van der Waals surface area (Å²) in [5.74, 6) is 0. The van der Waals surface area contributed by atoms with Crippen molar-refractivity contribution in [1.29, 1.82) is 0 Å². The first-order valence-corrected chi connectivity index (χ1v) is 22.4. The molecule has 1 aliphatic carbocycles. The zero-order valence-corrected chi connectivity index (χ0v) is 38.0. The van der Waals surface area contributed by atoms with E-state index in [-0.39, 0.29) is 5.41 Å². The second-order valence-electron chi connectivity index (χ2n) is 18.6. The van der Waals surface area contributed by atoms with Gasteiger partial charge in [-0.3, -0.25) is 0 Å². The third-order valence-electron chi connectivity index (χ3n) is 12.4. The molecule has 1 nitrogen and oxygen atoms in total. The van der Waals surface area contributed by atoms with Crippen LogP contribution in [0.2, 0.25) is 0 Å². The zero-order chi connectivity index (χ0) is 43.4. The Morgan fingerprint density at radius 3 is 1.60 bits per heavy atom. The van der Waals surface area contributed by atoms with Gasteiger partial charge in [0.15, 0.2) is 0 Å². The van der Waals surface area contributed by atoms with Crippen molar-refractivity contribution in [2.75, 3.05) is 4.90 Å². The van der Waals surface area contributed by atoms with Crippen molar-refractivity contribution in [2.45, 2.75) is 86.5 Å². The zero-order valence-electron chi connectivity index (χ0n) is 38.0. The van der Waals surface area contributed by atoms with Gasteiger partial charge in [0, 0.05) is 17.1 Å². The van der Waals surface area contributed by atoms with Gasteiger partial charge in [-0.25, -0.2) is 0 Å². The lowest BCUT2D eigenvalue weighted by Gasteiger charge is -2.30. The highest BCUT2D eigenvalue weighted by Gasteiger charge is 2.21. The molecular formula is C61H61N. The fourth-order valence-corrected chi connectivity index (χ4v) is 8.73. The van der Waals surface area contributed by atoms with Gasteiger partial charge in [-0.1, -0.05) is 177 Å². The number of allylic oxidation sites excluding steroid dienone is 2. The molecule has 0 aliphatic heterocycles. The molecule has 0 spiro atoms. The molecule has 0 radical (unpaired) electrons. The minimum atomic E-state index is -0.0674. The number of nitrogens with zero attached hydrogens (tertiary/aromatic N) is 1. The average molecular weight is 808 g/mol. The molecule has 62 heavy (non-hydrogen) atoms. The highest BCUT2D eigenvalue weighted by atomic mass is 15.1. The summed E-state index contributed by atoms with van der Waals surface area (Å²) in [6, 6.07) is 57.0. The summed E-state index contributed by atoms with van der Waals surface area (Å²) in [5.41, 5.74) is 23.8. The summed E-state index contributed by atoms with van der Waals surface area (Å²) in [6.45, 7) is 17.8. The number of fused-ring (bicyclic) bond motifs is 1. The van der Waals surface area contributed by atoms with E-state index in [1.165, 1.54) is 102 Å². The maximum Gasteiger partial charge on any atom is 0.0470 e. The molecule has 7 aromatic carbocycles. The molecule has 0 saturated carbocycles. The second-order valence-corrected chi connectivity index (χ2v) is 18.6. The lowest BCUT2D eigenvalue weighted by atomic mass is 9.84. The van der Waals surface area contributed by atoms with Crippen LogP contribution in [0.25, 0.3) is 23.3 Å². The van der Waals surface area contributed by atoms with Crippen molar-refractivity contribution < 1.29 is 0 Å². The first-order valence-electron chi connectivity index (χ1n) is 22.4. The maximum atomic E-state index is 2.48. The molecule has 1 aliphatic rings. The topological polar surface area (TPSA) is 3.24 Å². The van der Waals surface area contributed by atoms with E-state index >= 15 is 0 Å². The maximum absolute atomic E-state index is 2.48. The van der Waals surface area contributed by atoms with E-state index in [4.69, 9.17) is 0 Å². The standard InChI is InChI=1S/C61H61N/c1-42-16-25-50(26-17-42)59(51-27-18-43(2)19-28-51)15-11-12-47-23-32-55(33-24-47)62(56-34-31-49-13-9-10-14-53(49)40-56)57-38-48(37-54(41-57)61(6,7)8)39-60(52-29-20-44(3)21-30-52)58-35-22-45(4)36-46(58)5/h11-12,15-41H,9-10,13-14H2,1-8H3/b12-11+,60-39+. The van der Waals surface area contributed by atoms with E-state index in [2.05, 4.69) is 236 Å². The lowest BCUT2D eigenvalue weighted by Crippen LogP contribution is -2.15. The quantitative estimate of drug-likeness (QED) is 0.0983. The van der Waals surface area contributed by atoms with Crippen LogP contribution in [0.1, 0.15) is 112 Å². The lowest BCUT2D eigenvalue weighted by molar-refractivity contribution is 0.590. The van der Waals surface area contributed by atoms with Gasteiger partial charge in [0.05, 0.1) is 0 Å². The summed E-state index contributed by atoms with van der Waals surface area (Å²) in [5, 5.41) is 0. The molecule has 1 heteroatoms. The third-order valence-corrected chi connectivity index (χ3v) is 12.4. The molecule has 0 amide bonds. The molecule has 0 bridgehead atoms. The van der Waals surface area contributed by atoms with Crippen LogP contribution in [-0.4, -0.2) is 0 Å². The second kappa shape index (κ2) is 18.3. The smallest absolute Gasteiger partial charge is 0.0470 e. The summed E-state index contributed by atoms with van der Waals surface area (Å²) < 4.78 is 0. The highest BCUT2D eigenvalue weighted by Crippen LogP contribution is 2.41. The van der Waals surface area contributed by atoms with Gasteiger partial charge < -0.3 is 4.90 Å². The molecule has 0 aromatic heterocycles. The predicted octanol–water partition coefficient (Wildman–Crippen LogP) is 16.6. The SMILES string of the molecule is Cc1ccc(C(=C/C=C/c2ccc(N(c3cc(/C=C(\c4ccc(C)cc4)c4ccc(C)cc4C)cc(C(C)(C)C)c3)c3ccc4c(c3)CCCC4)cc2)c2ccc(C)cc2)cc1. The van der Waals surface area contributed by atoms with Crippen molar-refractivity contribution in [1.82, 2.24) is 0 Å². The molecule has 0 unspecified atom stereocenters. The Morgan fingerprint density at radius 1 is 0.468 bits per heavy atom. The van der Waals surface area contributed by atoms with Gasteiger partial charge in [-0.2, -0.15) is 0 Å². The van der Waals surface area contributed by atoms with Crippen LogP contribution in [-0.2, 0) is 18.3 Å². The van der Waals surface area contributed by atoms with Gasteiger partial charge >= 0.3 is 0 Å². The van der Waals surface area contributed by atoms with Gasteiger partial charge in [-0.05, 0) is 175 Å². The largest absolute Gasteiger partial charge is 0.310 e. The van der Waals surface area contributed by atoms with E-state index in [1.807, 2.05) is 0 Å². The van der Waals surface area contributed by atoms with Crippen molar-refractivity contribution in [3.63, 3.8) is 0 Å². The van der Waals surface area contributed by atoms with E-state index in [0.29, 0.717) is 0 Å². The van der Waals surface area contributed by atoms with Crippen molar-refractivity contribution >= 4 is 40.4 Å². The van der Waals surface area contributed by atoms with Crippen molar-refractivity contribution in [3.05, 3.63) is 242 Å². The van der Waals surface area contributed by atoms with E-state index in [0.717, 1.165) is 29.8 Å². The van der Waals surface area contributed by atoms with Crippen LogP contribution in [0.5, 0.6) is 0 Å². The normalized spacial score (nSPS) is 12.9. The Hall–Kier alpha value is -6.44. The third kappa shape index (κ3) is 9.85. The molecular weight excluding hydrogens is 747 g/mol. The number of aryl methyl sites for hydroxylation is 7. The van der Waals surface area contributed by atoms with Crippen LogP contribution in [0.15, 0.2) is 164 Å². The molecule has 7 aromatic rings. The Kier molecular flexibility index (Phi) is 12.5. The fraction of sp³-hybridized carbons (Fsp3) is 0.213. The Bertz CT molecular complexity index is 2720. The Morgan fingerprint density at radius 2 is 1.02 bits per heavy atom. The molecule has 0 saturated heterocycles.